The summed E-state index contributed by atoms with van der Waals surface area (Å²) in [6.45, 7) is 7.52. The molecular weight excluding hydrogens is 327 g/mol. The maximum Gasteiger partial charge on any atom is 0.127 e. The summed E-state index contributed by atoms with van der Waals surface area (Å²) in [6.07, 6.45) is 8.25. The first-order valence-electron chi connectivity index (χ1n) is 10.6. The monoisotopic (exact) mass is 360 g/mol. The Balaban J connectivity index is 1.24. The van der Waals surface area contributed by atoms with Gasteiger partial charge in [-0.25, -0.2) is 4.39 Å². The molecular formula is C22H33FN2O. The molecule has 26 heavy (non-hydrogen) atoms. The summed E-state index contributed by atoms with van der Waals surface area (Å²) in [4.78, 5) is 5.12. The summed E-state index contributed by atoms with van der Waals surface area (Å²) < 4.78 is 19.8. The minimum absolute atomic E-state index is 0.0678. The highest BCUT2D eigenvalue weighted by Crippen LogP contribution is 2.31. The van der Waals surface area contributed by atoms with Gasteiger partial charge in [0.2, 0.25) is 0 Å². The third-order valence-electron chi connectivity index (χ3n) is 6.27. The van der Waals surface area contributed by atoms with Crippen molar-refractivity contribution < 1.29 is 9.13 Å². The zero-order chi connectivity index (χ0) is 17.8. The Hall–Kier alpha value is -0.970. The third kappa shape index (κ3) is 5.28. The van der Waals surface area contributed by atoms with E-state index in [4.69, 9.17) is 4.74 Å². The van der Waals surface area contributed by atoms with Crippen molar-refractivity contribution in [1.29, 1.82) is 0 Å². The average molecular weight is 361 g/mol. The SMILES string of the molecule is Fc1ccccc1CN1CCC(CN(CC2CC2)C[C@H]2CCCO2)CC1. The van der Waals surface area contributed by atoms with Gasteiger partial charge in [-0.15, -0.1) is 0 Å². The Morgan fingerprint density at radius 2 is 1.69 bits per heavy atom. The number of hydrogen-bond donors (Lipinski definition) is 0. The van der Waals surface area contributed by atoms with Gasteiger partial charge >= 0.3 is 0 Å². The number of rotatable bonds is 8. The lowest BCUT2D eigenvalue weighted by Gasteiger charge is -2.35. The van der Waals surface area contributed by atoms with E-state index in [0.717, 1.165) is 50.2 Å². The molecule has 0 N–H and O–H groups in total. The van der Waals surface area contributed by atoms with Crippen molar-refractivity contribution in [3.8, 4) is 0 Å². The maximum absolute atomic E-state index is 13.9. The number of ether oxygens (including phenoxy) is 1. The van der Waals surface area contributed by atoms with Crippen LogP contribution in [0.4, 0.5) is 4.39 Å². The normalized spacial score (nSPS) is 25.2. The zero-order valence-corrected chi connectivity index (χ0v) is 15.9. The molecule has 0 amide bonds. The van der Waals surface area contributed by atoms with Crippen LogP contribution in [0.2, 0.25) is 0 Å². The van der Waals surface area contributed by atoms with Gasteiger partial charge in [-0.1, -0.05) is 18.2 Å². The van der Waals surface area contributed by atoms with E-state index in [1.54, 1.807) is 12.1 Å². The lowest BCUT2D eigenvalue weighted by Crippen LogP contribution is -2.41. The van der Waals surface area contributed by atoms with Crippen molar-refractivity contribution >= 4 is 0 Å². The summed E-state index contributed by atoms with van der Waals surface area (Å²) >= 11 is 0. The van der Waals surface area contributed by atoms with E-state index in [0.29, 0.717) is 6.10 Å². The topological polar surface area (TPSA) is 15.7 Å². The van der Waals surface area contributed by atoms with E-state index in [9.17, 15) is 4.39 Å². The predicted molar refractivity (Wildman–Crippen MR) is 103 cm³/mol. The van der Waals surface area contributed by atoms with Crippen LogP contribution in [0.1, 0.15) is 44.1 Å². The molecule has 3 aliphatic rings. The molecule has 2 aliphatic heterocycles. The minimum Gasteiger partial charge on any atom is -0.377 e. The zero-order valence-electron chi connectivity index (χ0n) is 15.9. The third-order valence-corrected chi connectivity index (χ3v) is 6.27. The highest BCUT2D eigenvalue weighted by Gasteiger charge is 2.29. The molecule has 1 saturated carbocycles. The molecule has 2 heterocycles. The number of halogens is 1. The summed E-state index contributed by atoms with van der Waals surface area (Å²) in [6, 6.07) is 7.20. The standard InChI is InChI=1S/C22H33FN2O/c23-22-6-2-1-4-20(22)16-24-11-9-19(10-12-24)15-25(14-18-7-8-18)17-21-5-3-13-26-21/h1-2,4,6,18-19,21H,3,5,7-17H2/t21-/m1/s1. The number of nitrogens with zero attached hydrogens (tertiary/aromatic N) is 2. The van der Waals surface area contributed by atoms with Crippen LogP contribution in [0, 0.1) is 17.7 Å². The van der Waals surface area contributed by atoms with Crippen LogP contribution < -0.4 is 0 Å². The predicted octanol–water partition coefficient (Wildman–Crippen LogP) is 3.93. The van der Waals surface area contributed by atoms with Crippen molar-refractivity contribution in [2.75, 3.05) is 39.3 Å². The van der Waals surface area contributed by atoms with Crippen LogP contribution >= 0.6 is 0 Å². The fraction of sp³-hybridized carbons (Fsp3) is 0.727. The summed E-state index contributed by atoms with van der Waals surface area (Å²) in [5.74, 6) is 1.66. The Bertz CT molecular complexity index is 563. The summed E-state index contributed by atoms with van der Waals surface area (Å²) in [5.41, 5.74) is 0.833. The van der Waals surface area contributed by atoms with Gasteiger partial charge in [0.25, 0.3) is 0 Å². The smallest absolute Gasteiger partial charge is 0.127 e. The van der Waals surface area contributed by atoms with Crippen molar-refractivity contribution in [2.45, 2.75) is 51.2 Å². The molecule has 4 rings (SSSR count). The first kappa shape index (κ1) is 18.4. The number of likely N-dealkylation sites (tertiary alicyclic amines) is 1. The highest BCUT2D eigenvalue weighted by atomic mass is 19.1. The fourth-order valence-electron chi connectivity index (χ4n) is 4.53. The minimum atomic E-state index is -0.0678. The molecule has 0 radical (unpaired) electrons. The molecule has 0 aromatic heterocycles. The molecule has 144 valence electrons. The molecule has 2 saturated heterocycles. The van der Waals surface area contributed by atoms with Crippen LogP contribution in [-0.4, -0.2) is 55.2 Å². The van der Waals surface area contributed by atoms with Crippen LogP contribution in [0.3, 0.4) is 0 Å². The molecule has 3 nitrogen and oxygen atoms in total. The largest absolute Gasteiger partial charge is 0.377 e. The van der Waals surface area contributed by atoms with Gasteiger partial charge in [-0.3, -0.25) is 4.90 Å². The van der Waals surface area contributed by atoms with Crippen molar-refractivity contribution in [1.82, 2.24) is 9.80 Å². The maximum atomic E-state index is 13.9. The van der Waals surface area contributed by atoms with Gasteiger partial charge in [0, 0.05) is 38.3 Å². The van der Waals surface area contributed by atoms with Gasteiger partial charge < -0.3 is 9.64 Å². The number of piperidine rings is 1. The lowest BCUT2D eigenvalue weighted by molar-refractivity contribution is 0.0581. The van der Waals surface area contributed by atoms with Gasteiger partial charge in [0.05, 0.1) is 6.10 Å². The van der Waals surface area contributed by atoms with Crippen LogP contribution in [0.25, 0.3) is 0 Å². The number of benzene rings is 1. The van der Waals surface area contributed by atoms with Crippen molar-refractivity contribution in [2.24, 2.45) is 11.8 Å². The highest BCUT2D eigenvalue weighted by molar-refractivity contribution is 5.17. The average Bonchev–Trinajstić information content (AvgIpc) is 3.31. The second-order valence-electron chi connectivity index (χ2n) is 8.61. The first-order chi connectivity index (χ1) is 12.8. The van der Waals surface area contributed by atoms with Gasteiger partial charge in [0.15, 0.2) is 0 Å². The molecule has 0 spiro atoms. The Morgan fingerprint density at radius 3 is 2.35 bits per heavy atom. The molecule has 1 aliphatic carbocycles. The molecule has 4 heteroatoms. The molecule has 1 aromatic rings. The fourth-order valence-corrected chi connectivity index (χ4v) is 4.53. The van der Waals surface area contributed by atoms with Gasteiger partial charge in [-0.05, 0) is 69.5 Å². The Kier molecular flexibility index (Phi) is 6.24. The summed E-state index contributed by atoms with van der Waals surface area (Å²) in [7, 11) is 0. The van der Waals surface area contributed by atoms with Gasteiger partial charge in [0.1, 0.15) is 5.82 Å². The lowest BCUT2D eigenvalue weighted by atomic mass is 9.95. The second-order valence-corrected chi connectivity index (χ2v) is 8.61. The molecule has 1 aromatic carbocycles. The van der Waals surface area contributed by atoms with E-state index in [-0.39, 0.29) is 5.82 Å². The molecule has 1 atom stereocenters. The van der Waals surface area contributed by atoms with E-state index in [2.05, 4.69) is 9.80 Å². The van der Waals surface area contributed by atoms with Crippen molar-refractivity contribution in [3.63, 3.8) is 0 Å². The Morgan fingerprint density at radius 1 is 0.962 bits per heavy atom. The number of hydrogen-bond acceptors (Lipinski definition) is 3. The summed E-state index contributed by atoms with van der Waals surface area (Å²) in [5, 5.41) is 0. The van der Waals surface area contributed by atoms with Gasteiger partial charge in [-0.2, -0.15) is 0 Å². The molecule has 0 bridgehead atoms. The molecule has 3 fully saturated rings. The second kappa shape index (κ2) is 8.81. The molecule has 0 unspecified atom stereocenters. The van der Waals surface area contributed by atoms with E-state index in [1.807, 2.05) is 12.1 Å². The van der Waals surface area contributed by atoms with Crippen molar-refractivity contribution in [3.05, 3.63) is 35.6 Å². The van der Waals surface area contributed by atoms with E-state index < -0.39 is 0 Å². The van der Waals surface area contributed by atoms with Crippen LogP contribution in [0.15, 0.2) is 24.3 Å². The van der Waals surface area contributed by atoms with Crippen LogP contribution in [0.5, 0.6) is 0 Å². The van der Waals surface area contributed by atoms with E-state index >= 15 is 0 Å². The Labute approximate surface area is 157 Å². The first-order valence-corrected chi connectivity index (χ1v) is 10.6. The quantitative estimate of drug-likeness (QED) is 0.699. The van der Waals surface area contributed by atoms with E-state index in [1.165, 1.54) is 51.6 Å². The van der Waals surface area contributed by atoms with Crippen LogP contribution in [-0.2, 0) is 11.3 Å².